The molecule has 0 bridgehead atoms. The predicted molar refractivity (Wildman–Crippen MR) is 63.1 cm³/mol. The Bertz CT molecular complexity index is 421. The molecule has 15 heavy (non-hydrogen) atoms. The summed E-state index contributed by atoms with van der Waals surface area (Å²) in [6, 6.07) is 6.16. The summed E-state index contributed by atoms with van der Waals surface area (Å²) >= 11 is 0. The van der Waals surface area contributed by atoms with Gasteiger partial charge in [0.1, 0.15) is 0 Å². The predicted octanol–water partition coefficient (Wildman–Crippen LogP) is 1.58. The van der Waals surface area contributed by atoms with E-state index in [1.54, 1.807) is 6.33 Å². The number of hydrogen-bond donors (Lipinski definition) is 3. The number of aromatic nitrogens is 2. The molecular weight excluding hydrogens is 188 g/mol. The first-order valence-electron chi connectivity index (χ1n) is 5.22. The molecule has 0 aliphatic carbocycles. The van der Waals surface area contributed by atoms with Crippen LogP contribution in [0.15, 0.2) is 24.5 Å². The number of imidazole rings is 1. The third-order valence-corrected chi connectivity index (χ3v) is 2.35. The van der Waals surface area contributed by atoms with Gasteiger partial charge in [0.05, 0.1) is 17.4 Å². The number of fused-ring (bicyclic) bond motifs is 1. The lowest BCUT2D eigenvalue weighted by molar-refractivity contribution is 0.748. The topological polar surface area (TPSA) is 52.7 Å². The average Bonchev–Trinajstić information content (AvgIpc) is 2.71. The van der Waals surface area contributed by atoms with E-state index in [2.05, 4.69) is 32.7 Å². The molecule has 4 nitrogen and oxygen atoms in total. The highest BCUT2D eigenvalue weighted by atomic mass is 14.9. The Kier molecular flexibility index (Phi) is 3.19. The second kappa shape index (κ2) is 4.79. The maximum atomic E-state index is 4.18. The summed E-state index contributed by atoms with van der Waals surface area (Å²) in [6.07, 6.45) is 2.84. The summed E-state index contributed by atoms with van der Waals surface area (Å²) in [5.41, 5.74) is 3.23. The molecule has 0 radical (unpaired) electrons. The first kappa shape index (κ1) is 9.98. The number of anilines is 1. The molecule has 0 saturated carbocycles. The summed E-state index contributed by atoms with van der Waals surface area (Å²) in [6.45, 7) is 2.03. The van der Waals surface area contributed by atoms with E-state index in [0.717, 1.165) is 36.2 Å². The Hall–Kier alpha value is -1.55. The van der Waals surface area contributed by atoms with Gasteiger partial charge in [-0.1, -0.05) is 0 Å². The van der Waals surface area contributed by atoms with Crippen LogP contribution in [0.2, 0.25) is 0 Å². The van der Waals surface area contributed by atoms with Crippen LogP contribution in [-0.4, -0.2) is 30.1 Å². The van der Waals surface area contributed by atoms with Gasteiger partial charge in [-0.3, -0.25) is 0 Å². The third-order valence-electron chi connectivity index (χ3n) is 2.35. The van der Waals surface area contributed by atoms with Gasteiger partial charge in [-0.25, -0.2) is 4.98 Å². The van der Waals surface area contributed by atoms with Gasteiger partial charge in [0.15, 0.2) is 0 Å². The van der Waals surface area contributed by atoms with Crippen molar-refractivity contribution < 1.29 is 0 Å². The molecule has 1 heterocycles. The Labute approximate surface area is 89.1 Å². The van der Waals surface area contributed by atoms with Crippen molar-refractivity contribution in [3.8, 4) is 0 Å². The van der Waals surface area contributed by atoms with E-state index in [1.165, 1.54) is 0 Å². The molecular formula is C11H16N4. The van der Waals surface area contributed by atoms with Gasteiger partial charge in [0.25, 0.3) is 0 Å². The van der Waals surface area contributed by atoms with Gasteiger partial charge < -0.3 is 15.6 Å². The van der Waals surface area contributed by atoms with Crippen molar-refractivity contribution in [2.45, 2.75) is 6.42 Å². The van der Waals surface area contributed by atoms with Crippen LogP contribution in [0.4, 0.5) is 5.69 Å². The zero-order valence-electron chi connectivity index (χ0n) is 8.88. The van der Waals surface area contributed by atoms with Crippen molar-refractivity contribution in [2.75, 3.05) is 25.5 Å². The van der Waals surface area contributed by atoms with E-state index in [-0.39, 0.29) is 0 Å². The number of benzene rings is 1. The lowest BCUT2D eigenvalue weighted by atomic mass is 10.2. The quantitative estimate of drug-likeness (QED) is 0.648. The molecule has 0 amide bonds. The standard InChI is InChI=1S/C11H16N4/c1-12-5-2-6-13-9-3-4-10-11(7-9)15-8-14-10/h3-4,7-8,12-13H,2,5-6H2,1H3,(H,14,15). The second-order valence-electron chi connectivity index (χ2n) is 3.52. The highest BCUT2D eigenvalue weighted by molar-refractivity contribution is 5.78. The first-order chi connectivity index (χ1) is 7.40. The van der Waals surface area contributed by atoms with Gasteiger partial charge in [-0.15, -0.1) is 0 Å². The van der Waals surface area contributed by atoms with Crippen molar-refractivity contribution in [1.82, 2.24) is 15.3 Å². The normalized spacial score (nSPS) is 10.7. The summed E-state index contributed by atoms with van der Waals surface area (Å²) < 4.78 is 0. The van der Waals surface area contributed by atoms with Crippen LogP contribution < -0.4 is 10.6 Å². The van der Waals surface area contributed by atoms with E-state index in [1.807, 2.05) is 13.1 Å². The fraction of sp³-hybridized carbons (Fsp3) is 0.364. The zero-order valence-corrected chi connectivity index (χ0v) is 8.88. The van der Waals surface area contributed by atoms with Crippen LogP contribution in [0.3, 0.4) is 0 Å². The molecule has 0 spiro atoms. The van der Waals surface area contributed by atoms with E-state index in [9.17, 15) is 0 Å². The summed E-state index contributed by atoms with van der Waals surface area (Å²) in [5, 5.41) is 6.50. The summed E-state index contributed by atoms with van der Waals surface area (Å²) in [5.74, 6) is 0. The van der Waals surface area contributed by atoms with E-state index in [4.69, 9.17) is 0 Å². The fourth-order valence-corrected chi connectivity index (χ4v) is 1.54. The molecule has 0 aliphatic heterocycles. The number of aromatic amines is 1. The second-order valence-corrected chi connectivity index (χ2v) is 3.52. The van der Waals surface area contributed by atoms with Gasteiger partial charge in [0.2, 0.25) is 0 Å². The van der Waals surface area contributed by atoms with Crippen LogP contribution >= 0.6 is 0 Å². The SMILES string of the molecule is CNCCCNc1ccc2nc[nH]c2c1. The Balaban J connectivity index is 1.96. The summed E-state index contributed by atoms with van der Waals surface area (Å²) in [4.78, 5) is 7.27. The maximum Gasteiger partial charge on any atom is 0.0931 e. The minimum absolute atomic E-state index is 0.987. The average molecular weight is 204 g/mol. The molecule has 80 valence electrons. The lowest BCUT2D eigenvalue weighted by Gasteiger charge is -2.05. The number of rotatable bonds is 5. The summed E-state index contributed by atoms with van der Waals surface area (Å²) in [7, 11) is 1.97. The van der Waals surface area contributed by atoms with Crippen molar-refractivity contribution in [3.05, 3.63) is 24.5 Å². The van der Waals surface area contributed by atoms with Crippen LogP contribution in [0, 0.1) is 0 Å². The first-order valence-corrected chi connectivity index (χ1v) is 5.22. The van der Waals surface area contributed by atoms with Crippen LogP contribution in [0.1, 0.15) is 6.42 Å². The number of H-pyrrole nitrogens is 1. The van der Waals surface area contributed by atoms with Crippen LogP contribution in [0.25, 0.3) is 11.0 Å². The molecule has 1 aromatic carbocycles. The van der Waals surface area contributed by atoms with Crippen molar-refractivity contribution in [1.29, 1.82) is 0 Å². The number of hydrogen-bond acceptors (Lipinski definition) is 3. The molecule has 2 aromatic rings. The van der Waals surface area contributed by atoms with Gasteiger partial charge >= 0.3 is 0 Å². The molecule has 0 aliphatic rings. The molecule has 0 saturated heterocycles. The van der Waals surface area contributed by atoms with Gasteiger partial charge in [0, 0.05) is 12.2 Å². The Morgan fingerprint density at radius 3 is 3.13 bits per heavy atom. The van der Waals surface area contributed by atoms with Gasteiger partial charge in [-0.2, -0.15) is 0 Å². The fourth-order valence-electron chi connectivity index (χ4n) is 1.54. The van der Waals surface area contributed by atoms with Crippen LogP contribution in [-0.2, 0) is 0 Å². The van der Waals surface area contributed by atoms with Crippen molar-refractivity contribution >= 4 is 16.7 Å². The van der Waals surface area contributed by atoms with Gasteiger partial charge in [-0.05, 0) is 38.2 Å². The highest BCUT2D eigenvalue weighted by Gasteiger charge is 1.97. The van der Waals surface area contributed by atoms with E-state index in [0.29, 0.717) is 0 Å². The molecule has 0 unspecified atom stereocenters. The molecule has 3 N–H and O–H groups in total. The Morgan fingerprint density at radius 2 is 2.27 bits per heavy atom. The largest absolute Gasteiger partial charge is 0.385 e. The molecule has 1 aromatic heterocycles. The molecule has 0 fully saturated rings. The zero-order chi connectivity index (χ0) is 10.5. The lowest BCUT2D eigenvalue weighted by Crippen LogP contribution is -2.12. The molecule has 0 atom stereocenters. The van der Waals surface area contributed by atoms with Crippen molar-refractivity contribution in [3.63, 3.8) is 0 Å². The third kappa shape index (κ3) is 2.47. The van der Waals surface area contributed by atoms with Crippen molar-refractivity contribution in [2.24, 2.45) is 0 Å². The minimum atomic E-state index is 0.987. The van der Waals surface area contributed by atoms with E-state index < -0.39 is 0 Å². The number of nitrogens with zero attached hydrogens (tertiary/aromatic N) is 1. The smallest absolute Gasteiger partial charge is 0.0931 e. The minimum Gasteiger partial charge on any atom is -0.385 e. The number of nitrogens with one attached hydrogen (secondary N) is 3. The van der Waals surface area contributed by atoms with E-state index >= 15 is 0 Å². The molecule has 2 rings (SSSR count). The molecule has 4 heteroatoms. The Morgan fingerprint density at radius 1 is 1.33 bits per heavy atom. The monoisotopic (exact) mass is 204 g/mol. The maximum absolute atomic E-state index is 4.18. The highest BCUT2D eigenvalue weighted by Crippen LogP contribution is 2.15. The van der Waals surface area contributed by atoms with Crippen LogP contribution in [0.5, 0.6) is 0 Å².